The van der Waals surface area contributed by atoms with Crippen LogP contribution in [0, 0.1) is 0 Å². The van der Waals surface area contributed by atoms with Crippen LogP contribution in [0.15, 0.2) is 34.2 Å². The summed E-state index contributed by atoms with van der Waals surface area (Å²) in [7, 11) is 0. The lowest BCUT2D eigenvalue weighted by molar-refractivity contribution is 0.598. The molecule has 1 unspecified atom stereocenters. The van der Waals surface area contributed by atoms with E-state index in [9.17, 15) is 0 Å². The highest BCUT2D eigenvalue weighted by molar-refractivity contribution is 9.10. The van der Waals surface area contributed by atoms with E-state index < -0.39 is 0 Å². The van der Waals surface area contributed by atoms with Crippen molar-refractivity contribution in [2.75, 3.05) is 0 Å². The Bertz CT molecular complexity index is 540. The molecule has 1 aromatic carbocycles. The van der Waals surface area contributed by atoms with E-state index in [1.165, 1.54) is 18.4 Å². The molecule has 0 spiro atoms. The van der Waals surface area contributed by atoms with Crippen LogP contribution in [0.3, 0.4) is 0 Å². The van der Waals surface area contributed by atoms with Crippen molar-refractivity contribution in [2.45, 2.75) is 24.9 Å². The number of nitrogens with zero attached hydrogens (tertiary/aromatic N) is 1. The van der Waals surface area contributed by atoms with E-state index in [4.69, 9.17) is 11.6 Å². The van der Waals surface area contributed by atoms with Crippen LogP contribution in [0.25, 0.3) is 0 Å². The third kappa shape index (κ3) is 2.77. The fourth-order valence-corrected chi connectivity index (χ4v) is 3.10. The zero-order chi connectivity index (χ0) is 12.5. The Morgan fingerprint density at radius 1 is 1.44 bits per heavy atom. The van der Waals surface area contributed by atoms with Gasteiger partial charge in [0.15, 0.2) is 0 Å². The zero-order valence-corrected chi connectivity index (χ0v) is 12.7. The molecule has 18 heavy (non-hydrogen) atoms. The highest BCUT2D eigenvalue weighted by atomic mass is 79.9. The molecule has 1 N–H and O–H groups in total. The predicted molar refractivity (Wildman–Crippen MR) is 79.3 cm³/mol. The maximum absolute atomic E-state index is 6.05. The van der Waals surface area contributed by atoms with Gasteiger partial charge in [0.2, 0.25) is 0 Å². The van der Waals surface area contributed by atoms with Crippen molar-refractivity contribution in [3.05, 3.63) is 49.8 Å². The van der Waals surface area contributed by atoms with E-state index in [-0.39, 0.29) is 6.04 Å². The number of rotatable bonds is 4. The molecule has 1 aromatic heterocycles. The topological polar surface area (TPSA) is 24.9 Å². The maximum Gasteiger partial charge on any atom is 0.114 e. The molecule has 2 aromatic rings. The highest BCUT2D eigenvalue weighted by Crippen LogP contribution is 2.32. The Labute approximate surface area is 124 Å². The van der Waals surface area contributed by atoms with E-state index in [1.54, 1.807) is 11.3 Å². The summed E-state index contributed by atoms with van der Waals surface area (Å²) in [6.45, 7) is 0. The molecule has 0 amide bonds. The lowest BCUT2D eigenvalue weighted by Gasteiger charge is -2.17. The number of thiazole rings is 1. The number of hydrogen-bond donors (Lipinski definition) is 1. The minimum absolute atomic E-state index is 0.172. The van der Waals surface area contributed by atoms with Crippen LogP contribution < -0.4 is 5.32 Å². The molecular formula is C13H12BrClN2S. The average Bonchev–Trinajstić information content (AvgIpc) is 3.02. The van der Waals surface area contributed by atoms with Crippen molar-refractivity contribution in [1.29, 1.82) is 0 Å². The van der Waals surface area contributed by atoms with Gasteiger partial charge in [0.1, 0.15) is 5.01 Å². The van der Waals surface area contributed by atoms with Gasteiger partial charge in [0.25, 0.3) is 0 Å². The molecule has 5 heteroatoms. The van der Waals surface area contributed by atoms with Crippen molar-refractivity contribution < 1.29 is 0 Å². The number of hydrogen-bond acceptors (Lipinski definition) is 3. The number of nitrogens with one attached hydrogen (secondary N) is 1. The molecule has 0 aliphatic heterocycles. The Hall–Kier alpha value is -0.420. The van der Waals surface area contributed by atoms with Gasteiger partial charge >= 0.3 is 0 Å². The van der Waals surface area contributed by atoms with Crippen LogP contribution in [0.5, 0.6) is 0 Å². The second-order valence-electron chi connectivity index (χ2n) is 4.42. The molecule has 0 saturated heterocycles. The first-order valence-electron chi connectivity index (χ1n) is 5.84. The van der Waals surface area contributed by atoms with Gasteiger partial charge in [-0.05, 0) is 46.5 Å². The van der Waals surface area contributed by atoms with Gasteiger partial charge in [-0.1, -0.05) is 17.7 Å². The van der Waals surface area contributed by atoms with Gasteiger partial charge in [-0.3, -0.25) is 0 Å². The van der Waals surface area contributed by atoms with Crippen LogP contribution in [-0.4, -0.2) is 11.0 Å². The molecule has 1 aliphatic carbocycles. The first kappa shape index (κ1) is 12.6. The van der Waals surface area contributed by atoms with Crippen molar-refractivity contribution >= 4 is 38.9 Å². The van der Waals surface area contributed by atoms with Gasteiger partial charge in [0.05, 0.1) is 11.1 Å². The third-order valence-electron chi connectivity index (χ3n) is 2.96. The van der Waals surface area contributed by atoms with E-state index in [1.807, 2.05) is 17.6 Å². The van der Waals surface area contributed by atoms with E-state index >= 15 is 0 Å². The van der Waals surface area contributed by atoms with Gasteiger partial charge < -0.3 is 5.32 Å². The fourth-order valence-electron chi connectivity index (χ4n) is 1.86. The van der Waals surface area contributed by atoms with Gasteiger partial charge in [-0.25, -0.2) is 4.98 Å². The third-order valence-corrected chi connectivity index (χ3v) is 5.01. The molecule has 1 fully saturated rings. The lowest BCUT2D eigenvalue weighted by atomic mass is 10.1. The number of benzene rings is 1. The molecule has 1 atom stereocenters. The quantitative estimate of drug-likeness (QED) is 0.890. The minimum atomic E-state index is 0.172. The standard InChI is InChI=1S/C13H12BrClN2S/c14-10-7-8(1-4-11(10)15)12(17-9-2-3-9)13-16-5-6-18-13/h1,4-7,9,12,17H,2-3H2. The maximum atomic E-state index is 6.05. The Morgan fingerprint density at radius 3 is 2.89 bits per heavy atom. The van der Waals surface area contributed by atoms with Gasteiger partial charge in [-0.15, -0.1) is 11.3 Å². The molecular weight excluding hydrogens is 332 g/mol. The van der Waals surface area contributed by atoms with Crippen LogP contribution in [-0.2, 0) is 0 Å². The SMILES string of the molecule is Clc1ccc(C(NC2CC2)c2nccs2)cc1Br. The molecule has 94 valence electrons. The predicted octanol–water partition coefficient (Wildman–Crippen LogP) is 4.40. The van der Waals surface area contributed by atoms with Gasteiger partial charge in [0, 0.05) is 22.1 Å². The van der Waals surface area contributed by atoms with Crippen molar-refractivity contribution in [2.24, 2.45) is 0 Å². The van der Waals surface area contributed by atoms with E-state index in [0.717, 1.165) is 14.5 Å². The minimum Gasteiger partial charge on any atom is -0.301 e. The summed E-state index contributed by atoms with van der Waals surface area (Å²) in [4.78, 5) is 4.43. The summed E-state index contributed by atoms with van der Waals surface area (Å²) in [5.74, 6) is 0. The molecule has 0 radical (unpaired) electrons. The molecule has 2 nitrogen and oxygen atoms in total. The highest BCUT2D eigenvalue weighted by Gasteiger charge is 2.27. The molecule has 0 bridgehead atoms. The van der Waals surface area contributed by atoms with E-state index in [2.05, 4.69) is 38.4 Å². The van der Waals surface area contributed by atoms with Crippen LogP contribution in [0.1, 0.15) is 29.5 Å². The number of aromatic nitrogens is 1. The molecule has 1 heterocycles. The van der Waals surface area contributed by atoms with Crippen LogP contribution in [0.4, 0.5) is 0 Å². The first-order chi connectivity index (χ1) is 8.74. The van der Waals surface area contributed by atoms with Crippen molar-refractivity contribution in [3.8, 4) is 0 Å². The Kier molecular flexibility index (Phi) is 3.71. The second-order valence-corrected chi connectivity index (χ2v) is 6.61. The summed E-state index contributed by atoms with van der Waals surface area (Å²) in [6.07, 6.45) is 4.37. The summed E-state index contributed by atoms with van der Waals surface area (Å²) < 4.78 is 0.931. The fraction of sp³-hybridized carbons (Fsp3) is 0.308. The smallest absolute Gasteiger partial charge is 0.114 e. The molecule has 3 rings (SSSR count). The normalized spacial score (nSPS) is 16.8. The zero-order valence-electron chi connectivity index (χ0n) is 9.57. The summed E-state index contributed by atoms with van der Waals surface area (Å²) in [5.41, 5.74) is 1.20. The monoisotopic (exact) mass is 342 g/mol. The molecule has 1 aliphatic rings. The largest absolute Gasteiger partial charge is 0.301 e. The average molecular weight is 344 g/mol. The van der Waals surface area contributed by atoms with E-state index in [0.29, 0.717) is 6.04 Å². The lowest BCUT2D eigenvalue weighted by Crippen LogP contribution is -2.24. The first-order valence-corrected chi connectivity index (χ1v) is 7.89. The Morgan fingerprint density at radius 2 is 2.28 bits per heavy atom. The summed E-state index contributed by atoms with van der Waals surface area (Å²) >= 11 is 11.2. The van der Waals surface area contributed by atoms with Crippen LogP contribution in [0.2, 0.25) is 5.02 Å². The summed E-state index contributed by atoms with van der Waals surface area (Å²) in [6, 6.07) is 6.87. The van der Waals surface area contributed by atoms with Crippen molar-refractivity contribution in [3.63, 3.8) is 0 Å². The van der Waals surface area contributed by atoms with Crippen LogP contribution >= 0.6 is 38.9 Å². The second kappa shape index (κ2) is 5.29. The number of halogens is 2. The molecule has 1 saturated carbocycles. The van der Waals surface area contributed by atoms with Gasteiger partial charge in [-0.2, -0.15) is 0 Å². The van der Waals surface area contributed by atoms with Crippen molar-refractivity contribution in [1.82, 2.24) is 10.3 Å². The summed E-state index contributed by atoms with van der Waals surface area (Å²) in [5, 5.41) is 7.50. The Balaban J connectivity index is 1.93.